The van der Waals surface area contributed by atoms with Gasteiger partial charge in [0.25, 0.3) is 0 Å². The maximum absolute atomic E-state index is 6.08. The first-order valence-electron chi connectivity index (χ1n) is 9.80. The van der Waals surface area contributed by atoms with E-state index in [9.17, 15) is 0 Å². The van der Waals surface area contributed by atoms with Crippen LogP contribution in [-0.4, -0.2) is 66.2 Å². The van der Waals surface area contributed by atoms with Crippen molar-refractivity contribution in [2.45, 2.75) is 19.1 Å². The van der Waals surface area contributed by atoms with Crippen LogP contribution in [0.2, 0.25) is 0 Å². The lowest BCUT2D eigenvalue weighted by molar-refractivity contribution is 0.138. The van der Waals surface area contributed by atoms with Crippen LogP contribution in [0.3, 0.4) is 0 Å². The minimum atomic E-state index is 0.0227. The van der Waals surface area contributed by atoms with Crippen molar-refractivity contribution in [3.63, 3.8) is 0 Å². The highest BCUT2D eigenvalue weighted by Crippen LogP contribution is 2.30. The lowest BCUT2D eigenvalue weighted by atomic mass is 10.3. The number of anilines is 2. The van der Waals surface area contributed by atoms with Crippen molar-refractivity contribution in [3.8, 4) is 11.5 Å². The van der Waals surface area contributed by atoms with Crippen LogP contribution in [0.5, 0.6) is 11.5 Å². The number of fused-ring (bicyclic) bond motifs is 1. The molecule has 0 aliphatic carbocycles. The second-order valence-electron chi connectivity index (χ2n) is 6.96. The van der Waals surface area contributed by atoms with Crippen LogP contribution in [0, 0.1) is 0 Å². The van der Waals surface area contributed by atoms with E-state index in [0.29, 0.717) is 50.2 Å². The number of hydrogen-bond donors (Lipinski definition) is 2. The summed E-state index contributed by atoms with van der Waals surface area (Å²) in [7, 11) is 3.26. The average molecular weight is 414 g/mol. The number of hydrogen-bond acceptors (Lipinski definition) is 9. The van der Waals surface area contributed by atoms with Gasteiger partial charge in [-0.05, 0) is 6.07 Å². The fourth-order valence-electron chi connectivity index (χ4n) is 3.41. The Morgan fingerprint density at radius 2 is 2.20 bits per heavy atom. The van der Waals surface area contributed by atoms with Crippen LogP contribution in [0.1, 0.15) is 12.1 Å². The van der Waals surface area contributed by atoms with Gasteiger partial charge in [-0.3, -0.25) is 4.98 Å². The van der Waals surface area contributed by atoms with Gasteiger partial charge in [0.15, 0.2) is 17.3 Å². The first kappa shape index (κ1) is 20.2. The Morgan fingerprint density at radius 1 is 1.30 bits per heavy atom. The van der Waals surface area contributed by atoms with Crippen molar-refractivity contribution >= 4 is 22.8 Å². The first-order chi connectivity index (χ1) is 14.7. The molecule has 0 saturated carbocycles. The zero-order chi connectivity index (χ0) is 20.9. The van der Waals surface area contributed by atoms with E-state index in [4.69, 9.17) is 24.7 Å². The third-order valence-electron chi connectivity index (χ3n) is 4.85. The predicted octanol–water partition coefficient (Wildman–Crippen LogP) is 1.69. The number of nitrogens with zero attached hydrogens (tertiary/aromatic N) is 4. The van der Waals surface area contributed by atoms with E-state index in [1.165, 1.54) is 0 Å². The summed E-state index contributed by atoms with van der Waals surface area (Å²) in [6, 6.07) is 3.81. The molecule has 3 N–H and O–H groups in total. The molecule has 10 heteroatoms. The molecule has 160 valence electrons. The molecule has 0 bridgehead atoms. The van der Waals surface area contributed by atoms with Crippen LogP contribution in [-0.2, 0) is 16.0 Å². The van der Waals surface area contributed by atoms with Crippen molar-refractivity contribution in [2.75, 3.05) is 51.6 Å². The number of pyridine rings is 1. The normalized spacial score (nSPS) is 16.1. The number of rotatable bonds is 9. The third-order valence-corrected chi connectivity index (χ3v) is 4.85. The molecule has 4 heterocycles. The molecule has 0 aromatic carbocycles. The number of methoxy groups -OCH3 is 2. The molecular formula is C20H26N6O4. The molecule has 1 unspecified atom stereocenters. The highest BCUT2D eigenvalue weighted by molar-refractivity contribution is 5.87. The van der Waals surface area contributed by atoms with Crippen molar-refractivity contribution in [1.82, 2.24) is 19.5 Å². The van der Waals surface area contributed by atoms with E-state index < -0.39 is 0 Å². The second-order valence-corrected chi connectivity index (χ2v) is 6.96. The molecule has 0 spiro atoms. The standard InChI is InChI=1S/C20H26N6O4/c1-27-8-5-22-19-18-15(24-20(21)25-19)3-6-26(18)11-13-9-16(17(28-2)10-23-13)30-14-4-7-29-12-14/h3,6,9-10,14H,4-5,7-8,11-12H2,1-2H3,(H3,21,22,24,25). The van der Waals surface area contributed by atoms with E-state index >= 15 is 0 Å². The molecule has 1 saturated heterocycles. The molecule has 1 aliphatic heterocycles. The molecule has 0 amide bonds. The summed E-state index contributed by atoms with van der Waals surface area (Å²) in [5.41, 5.74) is 8.30. The van der Waals surface area contributed by atoms with Gasteiger partial charge in [-0.1, -0.05) is 0 Å². The van der Waals surface area contributed by atoms with E-state index in [1.807, 2.05) is 22.9 Å². The van der Waals surface area contributed by atoms with E-state index in [0.717, 1.165) is 23.1 Å². The maximum Gasteiger partial charge on any atom is 0.222 e. The summed E-state index contributed by atoms with van der Waals surface area (Å²) >= 11 is 0. The van der Waals surface area contributed by atoms with Crippen LogP contribution in [0.25, 0.3) is 11.0 Å². The third kappa shape index (κ3) is 4.39. The average Bonchev–Trinajstić information content (AvgIpc) is 3.38. The number of aromatic nitrogens is 4. The van der Waals surface area contributed by atoms with Gasteiger partial charge in [0.1, 0.15) is 11.6 Å². The second kappa shape index (κ2) is 9.14. The fraction of sp³-hybridized carbons (Fsp3) is 0.450. The van der Waals surface area contributed by atoms with Crippen molar-refractivity contribution in [1.29, 1.82) is 0 Å². The van der Waals surface area contributed by atoms with Gasteiger partial charge in [-0.25, -0.2) is 4.98 Å². The number of nitrogens with one attached hydrogen (secondary N) is 1. The molecule has 1 atom stereocenters. The maximum atomic E-state index is 6.08. The van der Waals surface area contributed by atoms with Gasteiger partial charge in [0.2, 0.25) is 5.95 Å². The Bertz CT molecular complexity index is 1000. The molecular weight excluding hydrogens is 388 g/mol. The van der Waals surface area contributed by atoms with Gasteiger partial charge in [-0.15, -0.1) is 0 Å². The van der Waals surface area contributed by atoms with Gasteiger partial charge in [0, 0.05) is 32.3 Å². The predicted molar refractivity (Wildman–Crippen MR) is 112 cm³/mol. The van der Waals surface area contributed by atoms with Crippen LogP contribution >= 0.6 is 0 Å². The summed E-state index contributed by atoms with van der Waals surface area (Å²) in [6.07, 6.45) is 4.50. The SMILES string of the molecule is COCCNc1nc(N)nc2ccn(Cc3cc(OC4CCOC4)c(OC)cn3)c12. The fourth-order valence-corrected chi connectivity index (χ4v) is 3.41. The Hall–Kier alpha value is -3.11. The summed E-state index contributed by atoms with van der Waals surface area (Å²) in [5, 5.41) is 3.26. The van der Waals surface area contributed by atoms with Crippen LogP contribution in [0.15, 0.2) is 24.5 Å². The molecule has 1 fully saturated rings. The Kier molecular flexibility index (Phi) is 6.15. The molecule has 30 heavy (non-hydrogen) atoms. The Balaban J connectivity index is 1.61. The van der Waals surface area contributed by atoms with E-state index in [-0.39, 0.29) is 12.1 Å². The summed E-state index contributed by atoms with van der Waals surface area (Å²) in [5.74, 6) is 2.14. The monoisotopic (exact) mass is 414 g/mol. The van der Waals surface area contributed by atoms with Gasteiger partial charge < -0.3 is 34.6 Å². The van der Waals surface area contributed by atoms with Crippen molar-refractivity contribution < 1.29 is 18.9 Å². The zero-order valence-corrected chi connectivity index (χ0v) is 17.1. The molecule has 3 aromatic rings. The molecule has 4 rings (SSSR count). The lowest BCUT2D eigenvalue weighted by Crippen LogP contribution is -2.16. The smallest absolute Gasteiger partial charge is 0.222 e. The van der Waals surface area contributed by atoms with Crippen LogP contribution < -0.4 is 20.5 Å². The van der Waals surface area contributed by atoms with E-state index in [2.05, 4.69) is 20.3 Å². The number of nitrogens with two attached hydrogens (primary N) is 1. The number of nitrogen functional groups attached to an aromatic ring is 1. The van der Waals surface area contributed by atoms with Crippen LogP contribution in [0.4, 0.5) is 11.8 Å². The molecule has 1 aliphatic rings. The summed E-state index contributed by atoms with van der Waals surface area (Å²) < 4.78 is 24.0. The molecule has 10 nitrogen and oxygen atoms in total. The van der Waals surface area contributed by atoms with Gasteiger partial charge in [0.05, 0.1) is 50.9 Å². The molecule has 3 aromatic heterocycles. The minimum absolute atomic E-state index is 0.0227. The highest BCUT2D eigenvalue weighted by Gasteiger charge is 2.20. The van der Waals surface area contributed by atoms with E-state index in [1.54, 1.807) is 20.4 Å². The summed E-state index contributed by atoms with van der Waals surface area (Å²) in [6.45, 7) is 2.96. The minimum Gasteiger partial charge on any atom is -0.491 e. The first-order valence-corrected chi connectivity index (χ1v) is 9.80. The topological polar surface area (TPSA) is 119 Å². The Morgan fingerprint density at radius 3 is 2.97 bits per heavy atom. The van der Waals surface area contributed by atoms with Crippen molar-refractivity contribution in [2.24, 2.45) is 0 Å². The lowest BCUT2D eigenvalue weighted by Gasteiger charge is -2.16. The zero-order valence-electron chi connectivity index (χ0n) is 17.1. The van der Waals surface area contributed by atoms with Gasteiger partial charge >= 0.3 is 0 Å². The van der Waals surface area contributed by atoms with Crippen molar-refractivity contribution in [3.05, 3.63) is 30.2 Å². The quantitative estimate of drug-likeness (QED) is 0.504. The van der Waals surface area contributed by atoms with Gasteiger partial charge in [-0.2, -0.15) is 4.98 Å². The molecule has 0 radical (unpaired) electrons. The number of ether oxygens (including phenoxy) is 4. The Labute approximate surface area is 174 Å². The largest absolute Gasteiger partial charge is 0.491 e. The summed E-state index contributed by atoms with van der Waals surface area (Å²) in [4.78, 5) is 13.2. The highest BCUT2D eigenvalue weighted by atomic mass is 16.6.